The number of rotatable bonds is 4. The first-order chi connectivity index (χ1) is 7.38. The van der Waals surface area contributed by atoms with E-state index >= 15 is 0 Å². The van der Waals surface area contributed by atoms with Crippen molar-refractivity contribution in [2.45, 2.75) is 13.8 Å². The minimum absolute atomic E-state index is 0.0906. The number of benzene rings is 1. The Morgan fingerprint density at radius 1 is 1.25 bits per heavy atom. The molecule has 0 aromatic heterocycles. The molecule has 1 aromatic rings. The molecule has 0 bridgehead atoms. The zero-order valence-electron chi connectivity index (χ0n) is 10.2. The zero-order chi connectivity index (χ0) is 12.3. The number of ketones is 1. The summed E-state index contributed by atoms with van der Waals surface area (Å²) in [7, 11) is 3.94. The summed E-state index contributed by atoms with van der Waals surface area (Å²) in [5.41, 5.74) is 1.30. The van der Waals surface area contributed by atoms with Crippen LogP contribution in [0, 0.1) is 5.41 Å². The highest BCUT2D eigenvalue weighted by atomic mass is 35.5. The first-order valence-corrected chi connectivity index (χ1v) is 5.80. The summed E-state index contributed by atoms with van der Waals surface area (Å²) in [6.45, 7) is 3.73. The fourth-order valence-electron chi connectivity index (χ4n) is 1.36. The van der Waals surface area contributed by atoms with Crippen molar-refractivity contribution in [3.05, 3.63) is 29.8 Å². The van der Waals surface area contributed by atoms with E-state index in [1.807, 2.05) is 57.1 Å². The third-order valence-corrected chi connectivity index (χ3v) is 3.26. The van der Waals surface area contributed by atoms with Crippen molar-refractivity contribution in [2.75, 3.05) is 24.9 Å². The van der Waals surface area contributed by atoms with E-state index in [2.05, 4.69) is 0 Å². The number of hydrogen-bond acceptors (Lipinski definition) is 2. The van der Waals surface area contributed by atoms with Crippen LogP contribution in [0.25, 0.3) is 0 Å². The Kier molecular flexibility index (Phi) is 3.98. The van der Waals surface area contributed by atoms with Crippen LogP contribution in [0.5, 0.6) is 0 Å². The molecule has 0 spiro atoms. The Morgan fingerprint density at radius 2 is 1.75 bits per heavy atom. The van der Waals surface area contributed by atoms with Gasteiger partial charge in [-0.1, -0.05) is 13.8 Å². The average molecular weight is 240 g/mol. The SMILES string of the molecule is CN(C)c1ccc(C(=O)C(C)(C)CCl)cc1. The molecule has 0 amide bonds. The van der Waals surface area contributed by atoms with E-state index in [0.717, 1.165) is 11.3 Å². The summed E-state index contributed by atoms with van der Waals surface area (Å²) in [6, 6.07) is 7.59. The van der Waals surface area contributed by atoms with Gasteiger partial charge in [0.05, 0.1) is 0 Å². The Balaban J connectivity index is 2.94. The smallest absolute Gasteiger partial charge is 0.169 e. The van der Waals surface area contributed by atoms with Gasteiger partial charge in [0.25, 0.3) is 0 Å². The topological polar surface area (TPSA) is 20.3 Å². The van der Waals surface area contributed by atoms with Crippen LogP contribution in [0.1, 0.15) is 24.2 Å². The molecule has 3 heteroatoms. The number of alkyl halides is 1. The van der Waals surface area contributed by atoms with Gasteiger partial charge in [0, 0.05) is 36.6 Å². The van der Waals surface area contributed by atoms with Crippen LogP contribution in [-0.4, -0.2) is 25.8 Å². The molecule has 2 nitrogen and oxygen atoms in total. The van der Waals surface area contributed by atoms with E-state index in [4.69, 9.17) is 11.6 Å². The van der Waals surface area contributed by atoms with Crippen molar-refractivity contribution in [2.24, 2.45) is 5.41 Å². The van der Waals surface area contributed by atoms with Crippen molar-refractivity contribution >= 4 is 23.1 Å². The number of carbonyl (C=O) groups is 1. The van der Waals surface area contributed by atoms with Gasteiger partial charge >= 0.3 is 0 Å². The summed E-state index contributed by atoms with van der Waals surface area (Å²) < 4.78 is 0. The zero-order valence-corrected chi connectivity index (χ0v) is 11.0. The van der Waals surface area contributed by atoms with Crippen LogP contribution in [0.4, 0.5) is 5.69 Å². The fraction of sp³-hybridized carbons (Fsp3) is 0.462. The molecular formula is C13H18ClNO. The van der Waals surface area contributed by atoms with E-state index in [1.54, 1.807) is 0 Å². The largest absolute Gasteiger partial charge is 0.378 e. The van der Waals surface area contributed by atoms with E-state index in [-0.39, 0.29) is 5.78 Å². The molecule has 0 fully saturated rings. The van der Waals surface area contributed by atoms with Gasteiger partial charge in [0.15, 0.2) is 5.78 Å². The van der Waals surface area contributed by atoms with Crippen molar-refractivity contribution < 1.29 is 4.79 Å². The normalized spacial score (nSPS) is 11.3. The second-order valence-corrected chi connectivity index (χ2v) is 5.06. The predicted molar refractivity (Wildman–Crippen MR) is 69.6 cm³/mol. The first kappa shape index (κ1) is 13.0. The standard InChI is InChI=1S/C13H18ClNO/c1-13(2,9-14)12(16)10-5-7-11(8-6-10)15(3)4/h5-8H,9H2,1-4H3. The van der Waals surface area contributed by atoms with Crippen molar-refractivity contribution in [1.29, 1.82) is 0 Å². The van der Waals surface area contributed by atoms with Gasteiger partial charge in [-0.25, -0.2) is 0 Å². The number of Topliss-reactive ketones (excluding diaryl/α,β-unsaturated/α-hetero) is 1. The Morgan fingerprint density at radius 3 is 2.12 bits per heavy atom. The van der Waals surface area contributed by atoms with E-state index in [9.17, 15) is 4.79 Å². The Hall–Kier alpha value is -1.02. The molecular weight excluding hydrogens is 222 g/mol. The molecule has 1 rings (SSSR count). The highest BCUT2D eigenvalue weighted by Gasteiger charge is 2.27. The van der Waals surface area contributed by atoms with Gasteiger partial charge in [-0.3, -0.25) is 4.79 Å². The monoisotopic (exact) mass is 239 g/mol. The van der Waals surface area contributed by atoms with Crippen LogP contribution in [-0.2, 0) is 0 Å². The molecule has 16 heavy (non-hydrogen) atoms. The number of carbonyl (C=O) groups excluding carboxylic acids is 1. The molecule has 0 saturated carbocycles. The van der Waals surface area contributed by atoms with Gasteiger partial charge in [-0.05, 0) is 24.3 Å². The third-order valence-electron chi connectivity index (χ3n) is 2.59. The summed E-state index contributed by atoms with van der Waals surface area (Å²) in [5.74, 6) is 0.425. The van der Waals surface area contributed by atoms with Crippen molar-refractivity contribution in [3.8, 4) is 0 Å². The maximum atomic E-state index is 12.1. The van der Waals surface area contributed by atoms with Crippen molar-refractivity contribution in [3.63, 3.8) is 0 Å². The van der Waals surface area contributed by atoms with Crippen LogP contribution < -0.4 is 4.90 Å². The molecule has 0 aliphatic carbocycles. The van der Waals surface area contributed by atoms with Gasteiger partial charge in [0.1, 0.15) is 0 Å². The average Bonchev–Trinajstić information content (AvgIpc) is 2.28. The minimum Gasteiger partial charge on any atom is -0.378 e. The highest BCUT2D eigenvalue weighted by Crippen LogP contribution is 2.24. The predicted octanol–water partition coefficient (Wildman–Crippen LogP) is 3.20. The number of halogens is 1. The molecule has 0 heterocycles. The Labute approximate surface area is 102 Å². The lowest BCUT2D eigenvalue weighted by molar-refractivity contribution is 0.0862. The molecule has 88 valence electrons. The molecule has 0 atom stereocenters. The first-order valence-electron chi connectivity index (χ1n) is 5.26. The quantitative estimate of drug-likeness (QED) is 0.594. The van der Waals surface area contributed by atoms with Crippen LogP contribution in [0.2, 0.25) is 0 Å². The number of anilines is 1. The molecule has 0 unspecified atom stereocenters. The fourth-order valence-corrected chi connectivity index (χ4v) is 1.48. The lowest BCUT2D eigenvalue weighted by Gasteiger charge is -2.20. The summed E-state index contributed by atoms with van der Waals surface area (Å²) >= 11 is 5.79. The van der Waals surface area contributed by atoms with E-state index < -0.39 is 5.41 Å². The lowest BCUT2D eigenvalue weighted by Crippen LogP contribution is -2.26. The van der Waals surface area contributed by atoms with E-state index in [1.165, 1.54) is 0 Å². The number of hydrogen-bond donors (Lipinski definition) is 0. The highest BCUT2D eigenvalue weighted by molar-refractivity contribution is 6.21. The second-order valence-electron chi connectivity index (χ2n) is 4.79. The molecule has 0 saturated heterocycles. The minimum atomic E-state index is -0.499. The maximum Gasteiger partial charge on any atom is 0.169 e. The molecule has 0 N–H and O–H groups in total. The second kappa shape index (κ2) is 4.88. The maximum absolute atomic E-state index is 12.1. The van der Waals surface area contributed by atoms with Crippen LogP contribution in [0.3, 0.4) is 0 Å². The lowest BCUT2D eigenvalue weighted by atomic mass is 9.86. The van der Waals surface area contributed by atoms with Gasteiger partial charge < -0.3 is 4.90 Å². The molecule has 0 radical (unpaired) electrons. The molecule has 1 aromatic carbocycles. The Bertz CT molecular complexity index is 368. The summed E-state index contributed by atoms with van der Waals surface area (Å²) in [6.07, 6.45) is 0. The van der Waals surface area contributed by atoms with E-state index in [0.29, 0.717) is 5.88 Å². The third kappa shape index (κ3) is 2.76. The van der Waals surface area contributed by atoms with Gasteiger partial charge in [-0.15, -0.1) is 11.6 Å². The van der Waals surface area contributed by atoms with Gasteiger partial charge in [0.2, 0.25) is 0 Å². The summed E-state index contributed by atoms with van der Waals surface area (Å²) in [4.78, 5) is 14.1. The van der Waals surface area contributed by atoms with Crippen LogP contribution >= 0.6 is 11.6 Å². The van der Waals surface area contributed by atoms with Crippen molar-refractivity contribution in [1.82, 2.24) is 0 Å². The molecule has 0 aliphatic heterocycles. The van der Waals surface area contributed by atoms with Crippen LogP contribution in [0.15, 0.2) is 24.3 Å². The molecule has 0 aliphatic rings. The summed E-state index contributed by atoms with van der Waals surface area (Å²) in [5, 5.41) is 0. The number of nitrogens with zero attached hydrogens (tertiary/aromatic N) is 1. The van der Waals surface area contributed by atoms with Gasteiger partial charge in [-0.2, -0.15) is 0 Å².